The van der Waals surface area contributed by atoms with E-state index < -0.39 is 5.79 Å². The molecule has 5 rings (SSSR count). The molecule has 3 aliphatic heterocycles. The molecular weight excluding hydrogens is 422 g/mol. The maximum absolute atomic E-state index is 13.1. The Hall–Kier alpha value is -2.58. The number of rotatable bonds is 4. The Morgan fingerprint density at radius 1 is 1.06 bits per heavy atom. The largest absolute Gasteiger partial charge is 0.497 e. The Kier molecular flexibility index (Phi) is 6.05. The van der Waals surface area contributed by atoms with Gasteiger partial charge in [-0.25, -0.2) is 0 Å². The van der Waals surface area contributed by atoms with Crippen molar-refractivity contribution in [1.82, 2.24) is 14.8 Å². The van der Waals surface area contributed by atoms with E-state index in [1.807, 2.05) is 41.0 Å². The van der Waals surface area contributed by atoms with Crippen molar-refractivity contribution in [1.29, 1.82) is 0 Å². The third-order valence-electron chi connectivity index (χ3n) is 7.63. The SMILES string of the molecule is COc1ccc2cc(C(=O)N3CCC([C@@H](C)C(=O)N4CCC5(CC4)OCCO5)CC3)[nH]c2c1. The molecule has 178 valence electrons. The number of hydrogen-bond acceptors (Lipinski definition) is 5. The number of piperidine rings is 2. The molecule has 33 heavy (non-hydrogen) atoms. The van der Waals surface area contributed by atoms with E-state index in [9.17, 15) is 9.59 Å². The van der Waals surface area contributed by atoms with Crippen molar-refractivity contribution in [2.45, 2.75) is 38.4 Å². The number of carbonyl (C=O) groups excluding carboxylic acids is 2. The van der Waals surface area contributed by atoms with E-state index in [4.69, 9.17) is 14.2 Å². The monoisotopic (exact) mass is 455 g/mol. The van der Waals surface area contributed by atoms with Crippen LogP contribution >= 0.6 is 0 Å². The number of carbonyl (C=O) groups is 2. The second kappa shape index (κ2) is 8.99. The van der Waals surface area contributed by atoms with Crippen molar-refractivity contribution in [3.63, 3.8) is 0 Å². The zero-order chi connectivity index (χ0) is 23.0. The van der Waals surface area contributed by atoms with Crippen LogP contribution in [0.1, 0.15) is 43.1 Å². The van der Waals surface area contributed by atoms with Gasteiger partial charge in [-0.15, -0.1) is 0 Å². The number of nitrogens with one attached hydrogen (secondary N) is 1. The van der Waals surface area contributed by atoms with Crippen molar-refractivity contribution in [2.75, 3.05) is 46.5 Å². The van der Waals surface area contributed by atoms with Gasteiger partial charge in [0.15, 0.2) is 5.79 Å². The van der Waals surface area contributed by atoms with Gasteiger partial charge in [0.2, 0.25) is 5.91 Å². The van der Waals surface area contributed by atoms with Crippen molar-refractivity contribution in [3.8, 4) is 5.75 Å². The zero-order valence-corrected chi connectivity index (χ0v) is 19.5. The van der Waals surface area contributed by atoms with Crippen LogP contribution in [0.15, 0.2) is 24.3 Å². The normalized spacial score (nSPS) is 22.1. The second-order valence-electron chi connectivity index (χ2n) is 9.49. The summed E-state index contributed by atoms with van der Waals surface area (Å²) in [6.07, 6.45) is 3.18. The van der Waals surface area contributed by atoms with E-state index in [0.29, 0.717) is 51.0 Å². The second-order valence-corrected chi connectivity index (χ2v) is 9.49. The molecule has 2 amide bonds. The predicted octanol–water partition coefficient (Wildman–Crippen LogP) is 3.03. The van der Waals surface area contributed by atoms with Gasteiger partial charge in [-0.05, 0) is 37.0 Å². The number of aromatic amines is 1. The van der Waals surface area contributed by atoms with Gasteiger partial charge in [-0.2, -0.15) is 0 Å². The molecular formula is C25H33N3O5. The summed E-state index contributed by atoms with van der Waals surface area (Å²) in [6.45, 7) is 6.05. The maximum atomic E-state index is 13.1. The highest BCUT2D eigenvalue weighted by atomic mass is 16.7. The van der Waals surface area contributed by atoms with Crippen LogP contribution in [0.25, 0.3) is 10.9 Å². The van der Waals surface area contributed by atoms with Gasteiger partial charge < -0.3 is 29.0 Å². The van der Waals surface area contributed by atoms with Gasteiger partial charge in [0.25, 0.3) is 5.91 Å². The summed E-state index contributed by atoms with van der Waals surface area (Å²) in [5.41, 5.74) is 1.49. The minimum atomic E-state index is -0.459. The molecule has 4 heterocycles. The summed E-state index contributed by atoms with van der Waals surface area (Å²) in [5, 5.41) is 0.991. The summed E-state index contributed by atoms with van der Waals surface area (Å²) < 4.78 is 16.8. The van der Waals surface area contributed by atoms with Crippen LogP contribution in [0.3, 0.4) is 0 Å². The lowest BCUT2D eigenvalue weighted by Crippen LogP contribution is -2.50. The molecule has 1 atom stereocenters. The Bertz CT molecular complexity index is 1010. The summed E-state index contributed by atoms with van der Waals surface area (Å²) in [7, 11) is 1.63. The van der Waals surface area contributed by atoms with Crippen LogP contribution in [-0.2, 0) is 14.3 Å². The average Bonchev–Trinajstić information content (AvgIpc) is 3.50. The first-order chi connectivity index (χ1) is 16.0. The molecule has 1 aromatic carbocycles. The number of methoxy groups -OCH3 is 1. The first-order valence-corrected chi connectivity index (χ1v) is 12.0. The Morgan fingerprint density at radius 3 is 2.42 bits per heavy atom. The molecule has 1 N–H and O–H groups in total. The number of aromatic nitrogens is 1. The Morgan fingerprint density at radius 2 is 1.76 bits per heavy atom. The first kappa shape index (κ1) is 22.2. The van der Waals surface area contributed by atoms with Gasteiger partial charge in [0.05, 0.1) is 20.3 Å². The van der Waals surface area contributed by atoms with E-state index in [0.717, 1.165) is 42.3 Å². The van der Waals surface area contributed by atoms with E-state index >= 15 is 0 Å². The Balaban J connectivity index is 1.15. The third kappa shape index (κ3) is 4.34. The van der Waals surface area contributed by atoms with Crippen LogP contribution in [0.4, 0.5) is 0 Å². The van der Waals surface area contributed by atoms with Crippen LogP contribution < -0.4 is 4.74 Å². The smallest absolute Gasteiger partial charge is 0.270 e. The highest BCUT2D eigenvalue weighted by molar-refractivity contribution is 5.98. The number of ether oxygens (including phenoxy) is 3. The number of H-pyrrole nitrogens is 1. The van der Waals surface area contributed by atoms with Crippen LogP contribution in [0.2, 0.25) is 0 Å². The molecule has 0 unspecified atom stereocenters. The summed E-state index contributed by atoms with van der Waals surface area (Å²) in [6, 6.07) is 7.65. The fourth-order valence-corrected chi connectivity index (χ4v) is 5.46. The molecule has 0 bridgehead atoms. The molecule has 8 heteroatoms. The molecule has 0 saturated carbocycles. The van der Waals surface area contributed by atoms with Gasteiger partial charge in [-0.1, -0.05) is 6.92 Å². The molecule has 1 spiro atoms. The third-order valence-corrected chi connectivity index (χ3v) is 7.63. The van der Waals surface area contributed by atoms with Gasteiger partial charge in [0, 0.05) is 61.9 Å². The number of fused-ring (bicyclic) bond motifs is 1. The van der Waals surface area contributed by atoms with E-state index in [1.54, 1.807) is 7.11 Å². The predicted molar refractivity (Wildman–Crippen MR) is 123 cm³/mol. The van der Waals surface area contributed by atoms with Crippen molar-refractivity contribution in [2.24, 2.45) is 11.8 Å². The summed E-state index contributed by atoms with van der Waals surface area (Å²) in [4.78, 5) is 33.3. The number of hydrogen-bond donors (Lipinski definition) is 1. The molecule has 3 saturated heterocycles. The first-order valence-electron chi connectivity index (χ1n) is 12.0. The van der Waals surface area contributed by atoms with Crippen LogP contribution in [0, 0.1) is 11.8 Å². The van der Waals surface area contributed by atoms with Gasteiger partial charge in [0.1, 0.15) is 11.4 Å². The molecule has 2 aromatic rings. The van der Waals surface area contributed by atoms with Crippen LogP contribution in [-0.4, -0.2) is 78.9 Å². The average molecular weight is 456 g/mol. The highest BCUT2D eigenvalue weighted by Crippen LogP contribution is 2.33. The number of amides is 2. The van der Waals surface area contributed by atoms with Gasteiger partial charge in [-0.3, -0.25) is 9.59 Å². The molecule has 3 fully saturated rings. The molecule has 0 radical (unpaired) electrons. The fraction of sp³-hybridized carbons (Fsp3) is 0.600. The fourth-order valence-electron chi connectivity index (χ4n) is 5.46. The zero-order valence-electron chi connectivity index (χ0n) is 19.5. The minimum absolute atomic E-state index is 0.0143. The lowest BCUT2D eigenvalue weighted by Gasteiger charge is -2.40. The standard InChI is InChI=1S/C25H33N3O5/c1-17(23(29)28-11-7-25(8-12-28)32-13-14-33-25)18-5-9-27(10-6-18)24(30)22-15-19-3-4-20(31-2)16-21(19)26-22/h3-4,15-18,26H,5-14H2,1-2H3/t17-/m1/s1. The molecule has 8 nitrogen and oxygen atoms in total. The highest BCUT2D eigenvalue weighted by Gasteiger charge is 2.42. The lowest BCUT2D eigenvalue weighted by molar-refractivity contribution is -0.188. The molecule has 0 aliphatic carbocycles. The number of nitrogens with zero attached hydrogens (tertiary/aromatic N) is 2. The van der Waals surface area contributed by atoms with E-state index in [2.05, 4.69) is 4.98 Å². The van der Waals surface area contributed by atoms with Crippen molar-refractivity contribution < 1.29 is 23.8 Å². The van der Waals surface area contributed by atoms with Crippen molar-refractivity contribution in [3.05, 3.63) is 30.0 Å². The number of benzene rings is 1. The summed E-state index contributed by atoms with van der Waals surface area (Å²) >= 11 is 0. The van der Waals surface area contributed by atoms with Crippen molar-refractivity contribution >= 4 is 22.7 Å². The molecule has 1 aromatic heterocycles. The lowest BCUT2D eigenvalue weighted by atomic mass is 9.84. The topological polar surface area (TPSA) is 84.1 Å². The summed E-state index contributed by atoms with van der Waals surface area (Å²) in [5.74, 6) is 0.790. The number of likely N-dealkylation sites (tertiary alicyclic amines) is 2. The van der Waals surface area contributed by atoms with E-state index in [1.165, 1.54) is 0 Å². The quantitative estimate of drug-likeness (QED) is 0.766. The maximum Gasteiger partial charge on any atom is 0.270 e. The molecule has 3 aliphatic rings. The Labute approximate surface area is 194 Å². The van der Waals surface area contributed by atoms with E-state index in [-0.39, 0.29) is 17.7 Å². The minimum Gasteiger partial charge on any atom is -0.497 e. The van der Waals surface area contributed by atoms with Crippen LogP contribution in [0.5, 0.6) is 5.75 Å². The van der Waals surface area contributed by atoms with Gasteiger partial charge >= 0.3 is 0 Å².